The predicted octanol–water partition coefficient (Wildman–Crippen LogP) is 1.71. The van der Waals surface area contributed by atoms with Gasteiger partial charge in [0.15, 0.2) is 5.82 Å². The molecule has 0 amide bonds. The number of nitrogens with one attached hydrogen (secondary N) is 2. The smallest absolute Gasteiger partial charge is 0.289 e. The molecule has 1 aromatic carbocycles. The molecule has 2 heterocycles. The first-order valence-electron chi connectivity index (χ1n) is 6.89. The number of pyridine rings is 1. The van der Waals surface area contributed by atoms with Crippen molar-refractivity contribution in [1.82, 2.24) is 19.3 Å². The molecule has 0 aliphatic rings. The van der Waals surface area contributed by atoms with Crippen LogP contribution in [0.15, 0.2) is 67.4 Å². The summed E-state index contributed by atoms with van der Waals surface area (Å²) in [6.45, 7) is 0.205. The maximum absolute atomic E-state index is 12.2. The molecule has 3 aromatic rings. The molecule has 8 heteroatoms. The number of hydrogen-bond acceptors (Lipinski definition) is 4. The minimum absolute atomic E-state index is 0.205. The Labute approximate surface area is 134 Å². The van der Waals surface area contributed by atoms with Crippen LogP contribution in [-0.2, 0) is 16.8 Å². The van der Waals surface area contributed by atoms with Crippen molar-refractivity contribution in [2.24, 2.45) is 0 Å². The molecule has 0 saturated heterocycles. The van der Waals surface area contributed by atoms with Crippen molar-refractivity contribution in [3.63, 3.8) is 0 Å². The second kappa shape index (κ2) is 6.59. The highest BCUT2D eigenvalue weighted by atomic mass is 32.2. The van der Waals surface area contributed by atoms with Crippen LogP contribution >= 0.6 is 0 Å². The molecule has 2 aromatic heterocycles. The number of benzene rings is 1. The molecule has 3 rings (SSSR count). The molecule has 0 unspecified atom stereocenters. The minimum Gasteiger partial charge on any atom is -0.289 e. The zero-order valence-corrected chi connectivity index (χ0v) is 12.9. The predicted molar refractivity (Wildman–Crippen MR) is 87.2 cm³/mol. The number of aromatic nitrogens is 3. The Morgan fingerprint density at radius 3 is 2.61 bits per heavy atom. The summed E-state index contributed by atoms with van der Waals surface area (Å²) >= 11 is 0. The van der Waals surface area contributed by atoms with Gasteiger partial charge in [0, 0.05) is 25.1 Å². The van der Waals surface area contributed by atoms with Gasteiger partial charge in [-0.2, -0.15) is 13.1 Å². The van der Waals surface area contributed by atoms with Gasteiger partial charge in [0.25, 0.3) is 10.2 Å². The number of nitrogens with zero attached hydrogens (tertiary/aromatic N) is 3. The van der Waals surface area contributed by atoms with Gasteiger partial charge in [-0.05, 0) is 17.7 Å². The van der Waals surface area contributed by atoms with Crippen LogP contribution in [0.25, 0.3) is 5.82 Å². The Morgan fingerprint density at radius 1 is 1.04 bits per heavy atom. The summed E-state index contributed by atoms with van der Waals surface area (Å²) in [5.74, 6) is 0.454. The van der Waals surface area contributed by atoms with Crippen LogP contribution in [0.5, 0.6) is 0 Å². The molecule has 0 aliphatic heterocycles. The van der Waals surface area contributed by atoms with Gasteiger partial charge >= 0.3 is 0 Å². The summed E-state index contributed by atoms with van der Waals surface area (Å²) in [7, 11) is -3.72. The normalized spacial score (nSPS) is 11.3. The fraction of sp³-hybridized carbons (Fsp3) is 0.0667. The maximum Gasteiger partial charge on any atom is 0.299 e. The van der Waals surface area contributed by atoms with Crippen LogP contribution in [0, 0.1) is 0 Å². The van der Waals surface area contributed by atoms with Crippen molar-refractivity contribution >= 4 is 15.9 Å². The Balaban J connectivity index is 1.76. The van der Waals surface area contributed by atoms with Crippen molar-refractivity contribution in [2.75, 3.05) is 4.72 Å². The number of anilines is 1. The monoisotopic (exact) mass is 329 g/mol. The molecule has 0 spiro atoms. The molecule has 0 atom stereocenters. The number of rotatable bonds is 6. The second-order valence-corrected chi connectivity index (χ2v) is 6.26. The summed E-state index contributed by atoms with van der Waals surface area (Å²) in [5, 5.41) is 0. The lowest BCUT2D eigenvalue weighted by Crippen LogP contribution is -2.30. The molecule has 7 nitrogen and oxygen atoms in total. The van der Waals surface area contributed by atoms with Gasteiger partial charge < -0.3 is 0 Å². The zero-order valence-electron chi connectivity index (χ0n) is 12.1. The van der Waals surface area contributed by atoms with Crippen molar-refractivity contribution < 1.29 is 8.42 Å². The standard InChI is InChI=1S/C15H15N5O2S/c21-23(22,18-11-13-5-2-1-3-6-13)19-14-7-4-8-17-15(14)20-10-9-16-12-20/h1-10,12,18-19H,11H2. The average molecular weight is 329 g/mol. The molecule has 23 heavy (non-hydrogen) atoms. The van der Waals surface area contributed by atoms with E-state index in [4.69, 9.17) is 0 Å². The molecule has 118 valence electrons. The molecule has 0 fully saturated rings. The van der Waals surface area contributed by atoms with E-state index < -0.39 is 10.2 Å². The Kier molecular flexibility index (Phi) is 4.35. The largest absolute Gasteiger partial charge is 0.299 e. The van der Waals surface area contributed by atoms with Crippen molar-refractivity contribution in [3.05, 3.63) is 72.9 Å². The summed E-state index contributed by atoms with van der Waals surface area (Å²) in [5.41, 5.74) is 1.24. The molecule has 0 bridgehead atoms. The van der Waals surface area contributed by atoms with E-state index in [9.17, 15) is 8.42 Å². The SMILES string of the molecule is O=S(=O)(NCc1ccccc1)Nc1cccnc1-n1ccnc1. The van der Waals surface area contributed by atoms with E-state index in [0.29, 0.717) is 11.5 Å². The van der Waals surface area contributed by atoms with Crippen LogP contribution in [0.4, 0.5) is 5.69 Å². The first kappa shape index (κ1) is 15.2. The van der Waals surface area contributed by atoms with Gasteiger partial charge in [-0.25, -0.2) is 9.97 Å². The van der Waals surface area contributed by atoms with Crippen LogP contribution in [0.3, 0.4) is 0 Å². The van der Waals surface area contributed by atoms with E-state index in [1.807, 2.05) is 30.3 Å². The lowest BCUT2D eigenvalue weighted by molar-refractivity contribution is 0.587. The Bertz CT molecular complexity index is 864. The van der Waals surface area contributed by atoms with Crippen molar-refractivity contribution in [3.8, 4) is 5.82 Å². The van der Waals surface area contributed by atoms with Crippen molar-refractivity contribution in [1.29, 1.82) is 0 Å². The lowest BCUT2D eigenvalue weighted by atomic mass is 10.2. The van der Waals surface area contributed by atoms with Crippen LogP contribution in [-0.4, -0.2) is 23.0 Å². The fourth-order valence-corrected chi connectivity index (χ4v) is 2.90. The van der Waals surface area contributed by atoms with E-state index in [1.54, 1.807) is 41.6 Å². The van der Waals surface area contributed by atoms with Gasteiger partial charge in [-0.15, -0.1) is 0 Å². The first-order valence-corrected chi connectivity index (χ1v) is 8.37. The highest BCUT2D eigenvalue weighted by Gasteiger charge is 2.13. The number of imidazole rings is 1. The van der Waals surface area contributed by atoms with Gasteiger partial charge in [-0.3, -0.25) is 9.29 Å². The van der Waals surface area contributed by atoms with Crippen LogP contribution in [0.2, 0.25) is 0 Å². The van der Waals surface area contributed by atoms with Crippen molar-refractivity contribution in [2.45, 2.75) is 6.54 Å². The van der Waals surface area contributed by atoms with Gasteiger partial charge in [0.2, 0.25) is 0 Å². The lowest BCUT2D eigenvalue weighted by Gasteiger charge is -2.12. The fourth-order valence-electron chi connectivity index (χ4n) is 2.02. The Hall–Kier alpha value is -2.71. The van der Waals surface area contributed by atoms with E-state index >= 15 is 0 Å². The topological polar surface area (TPSA) is 88.9 Å². The maximum atomic E-state index is 12.2. The molecule has 0 radical (unpaired) electrons. The summed E-state index contributed by atoms with van der Waals surface area (Å²) in [6, 6.07) is 12.6. The molecule has 0 saturated carbocycles. The van der Waals surface area contributed by atoms with Gasteiger partial charge in [-0.1, -0.05) is 30.3 Å². The summed E-state index contributed by atoms with van der Waals surface area (Å²) in [4.78, 5) is 8.13. The van der Waals surface area contributed by atoms with Crippen LogP contribution in [0.1, 0.15) is 5.56 Å². The van der Waals surface area contributed by atoms with E-state index in [-0.39, 0.29) is 6.54 Å². The molecular formula is C15H15N5O2S. The number of hydrogen-bond donors (Lipinski definition) is 2. The highest BCUT2D eigenvalue weighted by molar-refractivity contribution is 7.90. The summed E-state index contributed by atoms with van der Waals surface area (Å²) in [6.07, 6.45) is 6.43. The quantitative estimate of drug-likeness (QED) is 0.720. The zero-order chi connectivity index (χ0) is 16.1. The first-order chi connectivity index (χ1) is 11.1. The van der Waals surface area contributed by atoms with Gasteiger partial charge in [0.1, 0.15) is 6.33 Å². The third-order valence-electron chi connectivity index (χ3n) is 3.09. The van der Waals surface area contributed by atoms with E-state index in [1.165, 1.54) is 0 Å². The highest BCUT2D eigenvalue weighted by Crippen LogP contribution is 2.17. The second-order valence-electron chi connectivity index (χ2n) is 4.76. The molecule has 2 N–H and O–H groups in total. The van der Waals surface area contributed by atoms with E-state index in [2.05, 4.69) is 19.4 Å². The van der Waals surface area contributed by atoms with E-state index in [0.717, 1.165) is 5.56 Å². The Morgan fingerprint density at radius 2 is 1.87 bits per heavy atom. The molecular weight excluding hydrogens is 314 g/mol. The summed E-state index contributed by atoms with van der Waals surface area (Å²) < 4.78 is 31.1. The van der Waals surface area contributed by atoms with Gasteiger partial charge in [0.05, 0.1) is 5.69 Å². The molecule has 0 aliphatic carbocycles. The third-order valence-corrected chi connectivity index (χ3v) is 4.10. The third kappa shape index (κ3) is 3.93. The average Bonchev–Trinajstić information content (AvgIpc) is 3.09. The minimum atomic E-state index is -3.72. The van der Waals surface area contributed by atoms with Crippen LogP contribution < -0.4 is 9.44 Å².